The lowest BCUT2D eigenvalue weighted by Gasteiger charge is -2.12. The fraction of sp³-hybridized carbons (Fsp3) is 0.421. The monoisotopic (exact) mass is 449 g/mol. The summed E-state index contributed by atoms with van der Waals surface area (Å²) in [6, 6.07) is 7.83. The molecular weight excluding hydrogens is 426 g/mol. The summed E-state index contributed by atoms with van der Waals surface area (Å²) in [4.78, 5) is 29.7. The van der Waals surface area contributed by atoms with Crippen LogP contribution >= 0.6 is 15.9 Å². The molecule has 2 aromatic heterocycles. The van der Waals surface area contributed by atoms with Gasteiger partial charge in [0.2, 0.25) is 5.95 Å². The summed E-state index contributed by atoms with van der Waals surface area (Å²) < 4.78 is 10.7. The van der Waals surface area contributed by atoms with E-state index in [1.165, 1.54) is 11.6 Å². The molecule has 3 aromatic rings. The Morgan fingerprint density at radius 1 is 1.18 bits per heavy atom. The van der Waals surface area contributed by atoms with Gasteiger partial charge in [-0.25, -0.2) is 4.79 Å². The van der Waals surface area contributed by atoms with Gasteiger partial charge in [-0.15, -0.1) is 0 Å². The number of nitrogens with zero attached hydrogens (tertiary/aromatic N) is 4. The summed E-state index contributed by atoms with van der Waals surface area (Å²) >= 11 is 3.56. The first-order valence-corrected chi connectivity index (χ1v) is 9.96. The second-order valence-corrected chi connectivity index (χ2v) is 7.32. The highest BCUT2D eigenvalue weighted by Gasteiger charge is 2.19. The van der Waals surface area contributed by atoms with Gasteiger partial charge in [0.25, 0.3) is 5.56 Å². The molecular formula is C19H24BrN5O3. The van der Waals surface area contributed by atoms with Crippen LogP contribution in [0.2, 0.25) is 0 Å². The average molecular weight is 450 g/mol. The zero-order chi connectivity index (χ0) is 20.3. The lowest BCUT2D eigenvalue weighted by Crippen LogP contribution is -2.37. The summed E-state index contributed by atoms with van der Waals surface area (Å²) in [7, 11) is 3.10. The molecule has 0 amide bonds. The lowest BCUT2D eigenvalue weighted by atomic mass is 10.2. The van der Waals surface area contributed by atoms with Crippen LogP contribution < -0.4 is 16.6 Å². The van der Waals surface area contributed by atoms with E-state index in [1.807, 2.05) is 35.8 Å². The molecule has 2 heterocycles. The van der Waals surface area contributed by atoms with Gasteiger partial charge in [-0.05, 0) is 25.0 Å². The highest BCUT2D eigenvalue weighted by molar-refractivity contribution is 9.10. The normalized spacial score (nSPS) is 11.3. The largest absolute Gasteiger partial charge is 0.382 e. The second-order valence-electron chi connectivity index (χ2n) is 6.47. The number of benzene rings is 1. The van der Waals surface area contributed by atoms with E-state index in [9.17, 15) is 9.59 Å². The van der Waals surface area contributed by atoms with Crippen molar-refractivity contribution in [3.63, 3.8) is 0 Å². The van der Waals surface area contributed by atoms with Crippen LogP contribution in [0.3, 0.4) is 0 Å². The van der Waals surface area contributed by atoms with Crippen LogP contribution in [0.25, 0.3) is 11.2 Å². The number of nitrogens with one attached hydrogen (secondary N) is 1. The quantitative estimate of drug-likeness (QED) is 0.532. The van der Waals surface area contributed by atoms with Crippen molar-refractivity contribution in [2.24, 2.45) is 14.1 Å². The molecule has 0 aliphatic rings. The van der Waals surface area contributed by atoms with Gasteiger partial charge in [-0.2, -0.15) is 4.98 Å². The maximum Gasteiger partial charge on any atom is 0.332 e. The number of hydrogen-bond donors (Lipinski definition) is 1. The number of aromatic nitrogens is 4. The van der Waals surface area contributed by atoms with Gasteiger partial charge >= 0.3 is 5.69 Å². The Balaban J connectivity index is 2.08. The minimum absolute atomic E-state index is 0.361. The predicted octanol–water partition coefficient (Wildman–Crippen LogP) is 2.08. The molecule has 28 heavy (non-hydrogen) atoms. The van der Waals surface area contributed by atoms with Crippen molar-refractivity contribution in [1.29, 1.82) is 0 Å². The molecule has 0 saturated heterocycles. The smallest absolute Gasteiger partial charge is 0.332 e. The zero-order valence-electron chi connectivity index (χ0n) is 16.2. The van der Waals surface area contributed by atoms with Crippen molar-refractivity contribution in [2.75, 3.05) is 25.1 Å². The van der Waals surface area contributed by atoms with Gasteiger partial charge in [0.1, 0.15) is 0 Å². The minimum atomic E-state index is -0.397. The topological polar surface area (TPSA) is 83.1 Å². The number of hydrogen-bond acceptors (Lipinski definition) is 5. The van der Waals surface area contributed by atoms with Gasteiger partial charge < -0.3 is 10.1 Å². The Morgan fingerprint density at radius 2 is 1.93 bits per heavy atom. The second kappa shape index (κ2) is 8.74. The van der Waals surface area contributed by atoms with E-state index < -0.39 is 5.69 Å². The molecule has 0 unspecified atom stereocenters. The van der Waals surface area contributed by atoms with Crippen LogP contribution in [-0.2, 0) is 25.4 Å². The van der Waals surface area contributed by atoms with Crippen LogP contribution in [0.4, 0.5) is 5.95 Å². The Hall–Kier alpha value is -2.39. The number of ether oxygens (including phenoxy) is 1. The number of fused-ring (bicyclic) bond motifs is 1. The number of imidazole rings is 1. The highest BCUT2D eigenvalue weighted by Crippen LogP contribution is 2.22. The van der Waals surface area contributed by atoms with E-state index in [1.54, 1.807) is 7.05 Å². The van der Waals surface area contributed by atoms with E-state index in [2.05, 4.69) is 26.2 Å². The van der Waals surface area contributed by atoms with Crippen LogP contribution in [0, 0.1) is 0 Å². The maximum atomic E-state index is 12.9. The van der Waals surface area contributed by atoms with E-state index in [0.717, 1.165) is 21.0 Å². The third-order valence-corrected chi connectivity index (χ3v) is 5.36. The molecule has 0 radical (unpaired) electrons. The molecule has 3 rings (SSSR count). The van der Waals surface area contributed by atoms with Crippen LogP contribution in [0.5, 0.6) is 0 Å². The van der Waals surface area contributed by atoms with Crippen molar-refractivity contribution >= 4 is 33.0 Å². The number of rotatable bonds is 8. The SMILES string of the molecule is CCOCCCNc1nc2c(c(=O)n(C)c(=O)n2C)n1Cc1ccccc1Br. The molecule has 0 bridgehead atoms. The van der Waals surface area contributed by atoms with Gasteiger partial charge in [0.05, 0.1) is 6.54 Å². The van der Waals surface area contributed by atoms with Gasteiger partial charge in [0.15, 0.2) is 11.2 Å². The Kier molecular flexibility index (Phi) is 6.35. The summed E-state index contributed by atoms with van der Waals surface area (Å²) in [5, 5.41) is 3.29. The molecule has 1 aromatic carbocycles. The average Bonchev–Trinajstić information content (AvgIpc) is 3.05. The highest BCUT2D eigenvalue weighted by atomic mass is 79.9. The van der Waals surface area contributed by atoms with Gasteiger partial charge in [-0.1, -0.05) is 34.1 Å². The fourth-order valence-corrected chi connectivity index (χ4v) is 3.46. The van der Waals surface area contributed by atoms with Gasteiger partial charge in [-0.3, -0.25) is 18.5 Å². The van der Waals surface area contributed by atoms with Crippen molar-refractivity contribution in [2.45, 2.75) is 19.9 Å². The van der Waals surface area contributed by atoms with E-state index >= 15 is 0 Å². The van der Waals surface area contributed by atoms with Gasteiger partial charge in [0, 0.05) is 38.3 Å². The Labute approximate surface area is 170 Å². The van der Waals surface area contributed by atoms with Crippen molar-refractivity contribution in [1.82, 2.24) is 18.7 Å². The molecule has 0 spiro atoms. The van der Waals surface area contributed by atoms with Crippen LogP contribution in [0.1, 0.15) is 18.9 Å². The summed E-state index contributed by atoms with van der Waals surface area (Å²) in [6.45, 7) is 4.38. The third kappa shape index (κ3) is 3.90. The molecule has 0 fully saturated rings. The van der Waals surface area contributed by atoms with E-state index in [4.69, 9.17) is 4.74 Å². The fourth-order valence-electron chi connectivity index (χ4n) is 3.05. The zero-order valence-corrected chi connectivity index (χ0v) is 17.8. The third-order valence-electron chi connectivity index (χ3n) is 4.59. The summed E-state index contributed by atoms with van der Waals surface area (Å²) in [6.07, 6.45) is 0.809. The van der Waals surface area contributed by atoms with Crippen LogP contribution in [0.15, 0.2) is 38.3 Å². The first kappa shape index (κ1) is 20.3. The predicted molar refractivity (Wildman–Crippen MR) is 113 cm³/mol. The molecule has 9 heteroatoms. The Bertz CT molecular complexity index is 1100. The molecule has 0 aliphatic heterocycles. The van der Waals surface area contributed by atoms with Crippen molar-refractivity contribution < 1.29 is 4.74 Å². The standard InChI is InChI=1S/C19H24BrN5O3/c1-4-28-11-7-10-21-18-22-16-15(17(26)24(3)19(27)23(16)2)25(18)12-13-8-5-6-9-14(13)20/h5-6,8-9H,4,7,10-12H2,1-3H3,(H,21,22). The molecule has 0 saturated carbocycles. The van der Waals surface area contributed by atoms with Crippen LogP contribution in [-0.4, -0.2) is 38.4 Å². The number of halogens is 1. The van der Waals surface area contributed by atoms with Crippen molar-refractivity contribution in [3.05, 3.63) is 55.1 Å². The Morgan fingerprint density at radius 3 is 2.64 bits per heavy atom. The first-order valence-electron chi connectivity index (χ1n) is 9.17. The summed E-state index contributed by atoms with van der Waals surface area (Å²) in [5.41, 5.74) is 1.01. The molecule has 1 N–H and O–H groups in total. The number of aryl methyl sites for hydroxylation is 1. The summed E-state index contributed by atoms with van der Waals surface area (Å²) in [5.74, 6) is 0.556. The minimum Gasteiger partial charge on any atom is -0.382 e. The van der Waals surface area contributed by atoms with E-state index in [0.29, 0.717) is 43.4 Å². The lowest BCUT2D eigenvalue weighted by molar-refractivity contribution is 0.147. The first-order chi connectivity index (χ1) is 13.5. The molecule has 0 atom stereocenters. The molecule has 150 valence electrons. The molecule has 8 nitrogen and oxygen atoms in total. The molecule has 0 aliphatic carbocycles. The number of anilines is 1. The van der Waals surface area contributed by atoms with E-state index in [-0.39, 0.29) is 5.56 Å². The van der Waals surface area contributed by atoms with Crippen molar-refractivity contribution in [3.8, 4) is 0 Å². The maximum absolute atomic E-state index is 12.9.